The van der Waals surface area contributed by atoms with Gasteiger partial charge in [0, 0.05) is 11.8 Å². The van der Waals surface area contributed by atoms with Crippen molar-refractivity contribution < 1.29 is 9.53 Å². The Bertz CT molecular complexity index is 180. The molecule has 1 radical (unpaired) electrons. The summed E-state index contributed by atoms with van der Waals surface area (Å²) in [6.07, 6.45) is 0.309. The molecule has 0 aromatic carbocycles. The summed E-state index contributed by atoms with van der Waals surface area (Å²) in [5.41, 5.74) is 4.60. The number of amides is 1. The van der Waals surface area contributed by atoms with E-state index in [-0.39, 0.29) is 16.9 Å². The summed E-state index contributed by atoms with van der Waals surface area (Å²) in [5.74, 6) is -0.307. The van der Waals surface area contributed by atoms with Crippen LogP contribution in [0.2, 0.25) is 0 Å². The minimum atomic E-state index is -0.307. The molecular weight excluding hydrogens is 166 g/mol. The van der Waals surface area contributed by atoms with Gasteiger partial charge in [0.1, 0.15) is 0 Å². The van der Waals surface area contributed by atoms with E-state index in [0.29, 0.717) is 6.42 Å². The van der Waals surface area contributed by atoms with E-state index in [4.69, 9.17) is 10.5 Å². The molecular formula is C10H20NO2. The number of rotatable bonds is 4. The molecule has 0 unspecified atom stereocenters. The van der Waals surface area contributed by atoms with Crippen molar-refractivity contribution in [1.29, 1.82) is 0 Å². The number of hydrogen-bond acceptors (Lipinski definition) is 2. The lowest BCUT2D eigenvalue weighted by Crippen LogP contribution is -2.28. The molecule has 0 heterocycles. The van der Waals surface area contributed by atoms with Crippen LogP contribution in [0.25, 0.3) is 0 Å². The molecule has 0 aromatic heterocycles. The average Bonchev–Trinajstić information content (AvgIpc) is 1.79. The number of carbonyl (C=O) groups excluding carboxylic acids is 1. The third-order valence-corrected chi connectivity index (χ3v) is 1.36. The number of nitrogens with two attached hydrogens (primary N) is 1. The zero-order chi connectivity index (χ0) is 10.7. The van der Waals surface area contributed by atoms with Crippen LogP contribution in [0.3, 0.4) is 0 Å². The van der Waals surface area contributed by atoms with E-state index < -0.39 is 0 Å². The maximum Gasteiger partial charge on any atom is 0.218 e. The SMILES string of the molecule is CC(C)([CH]OC(C)(C)C)CC(N)=O. The molecule has 0 bridgehead atoms. The molecule has 0 rings (SSSR count). The van der Waals surface area contributed by atoms with Crippen molar-refractivity contribution in [3.63, 3.8) is 0 Å². The van der Waals surface area contributed by atoms with Crippen molar-refractivity contribution in [2.45, 2.75) is 46.6 Å². The van der Waals surface area contributed by atoms with Crippen LogP contribution < -0.4 is 5.73 Å². The molecule has 0 aliphatic heterocycles. The van der Waals surface area contributed by atoms with Crippen molar-refractivity contribution in [3.8, 4) is 0 Å². The Kier molecular flexibility index (Phi) is 3.91. The summed E-state index contributed by atoms with van der Waals surface area (Å²) in [7, 11) is 0. The minimum absolute atomic E-state index is 0.213. The molecule has 0 aliphatic carbocycles. The molecule has 0 aliphatic rings. The summed E-state index contributed by atoms with van der Waals surface area (Å²) < 4.78 is 5.46. The Labute approximate surface area is 80.6 Å². The van der Waals surface area contributed by atoms with Crippen LogP contribution in [-0.2, 0) is 9.53 Å². The highest BCUT2D eigenvalue weighted by Crippen LogP contribution is 2.26. The number of ether oxygens (including phenoxy) is 1. The smallest absolute Gasteiger partial charge is 0.218 e. The van der Waals surface area contributed by atoms with E-state index in [1.165, 1.54) is 0 Å². The van der Waals surface area contributed by atoms with E-state index in [9.17, 15) is 4.79 Å². The minimum Gasteiger partial charge on any atom is -0.370 e. The molecule has 13 heavy (non-hydrogen) atoms. The summed E-state index contributed by atoms with van der Waals surface area (Å²) in [6.45, 7) is 11.4. The second-order valence-corrected chi connectivity index (χ2v) is 4.98. The molecule has 0 spiro atoms. The van der Waals surface area contributed by atoms with Gasteiger partial charge in [0.05, 0.1) is 12.2 Å². The molecule has 3 nitrogen and oxygen atoms in total. The van der Waals surface area contributed by atoms with Gasteiger partial charge in [0.2, 0.25) is 5.91 Å². The van der Waals surface area contributed by atoms with Gasteiger partial charge in [-0.1, -0.05) is 13.8 Å². The van der Waals surface area contributed by atoms with Crippen molar-refractivity contribution >= 4 is 5.91 Å². The Morgan fingerprint density at radius 3 is 2.08 bits per heavy atom. The molecule has 0 atom stereocenters. The predicted molar refractivity (Wildman–Crippen MR) is 52.7 cm³/mol. The lowest BCUT2D eigenvalue weighted by atomic mass is 9.90. The van der Waals surface area contributed by atoms with Crippen molar-refractivity contribution in [3.05, 3.63) is 6.61 Å². The van der Waals surface area contributed by atoms with Crippen LogP contribution in [0, 0.1) is 12.0 Å². The topological polar surface area (TPSA) is 52.3 Å². The number of primary amides is 1. The van der Waals surface area contributed by atoms with Crippen molar-refractivity contribution in [1.82, 2.24) is 0 Å². The second kappa shape index (κ2) is 4.09. The van der Waals surface area contributed by atoms with Crippen LogP contribution >= 0.6 is 0 Å². The Morgan fingerprint density at radius 2 is 1.77 bits per heavy atom. The number of hydrogen-bond donors (Lipinski definition) is 1. The van der Waals surface area contributed by atoms with Crippen LogP contribution in [0.4, 0.5) is 0 Å². The van der Waals surface area contributed by atoms with E-state index in [0.717, 1.165) is 0 Å². The first-order valence-electron chi connectivity index (χ1n) is 4.43. The Morgan fingerprint density at radius 1 is 1.31 bits per heavy atom. The lowest BCUT2D eigenvalue weighted by Gasteiger charge is -2.27. The highest BCUT2D eigenvalue weighted by atomic mass is 16.5. The maximum absolute atomic E-state index is 10.7. The van der Waals surface area contributed by atoms with E-state index in [1.54, 1.807) is 6.61 Å². The monoisotopic (exact) mass is 186 g/mol. The molecule has 2 N–H and O–H groups in total. The Balaban J connectivity index is 3.96. The van der Waals surface area contributed by atoms with Gasteiger partial charge in [-0.25, -0.2) is 0 Å². The van der Waals surface area contributed by atoms with Crippen molar-refractivity contribution in [2.75, 3.05) is 0 Å². The van der Waals surface area contributed by atoms with E-state index >= 15 is 0 Å². The summed E-state index contributed by atoms with van der Waals surface area (Å²) in [6, 6.07) is 0. The maximum atomic E-state index is 10.7. The summed E-state index contributed by atoms with van der Waals surface area (Å²) in [5, 5.41) is 0. The van der Waals surface area contributed by atoms with Crippen LogP contribution in [0.5, 0.6) is 0 Å². The molecule has 1 amide bonds. The quantitative estimate of drug-likeness (QED) is 0.728. The molecule has 0 saturated carbocycles. The van der Waals surface area contributed by atoms with E-state index in [2.05, 4.69) is 0 Å². The first kappa shape index (κ1) is 12.4. The van der Waals surface area contributed by atoms with E-state index in [1.807, 2.05) is 34.6 Å². The van der Waals surface area contributed by atoms with Crippen molar-refractivity contribution in [2.24, 2.45) is 11.1 Å². The zero-order valence-electron chi connectivity index (χ0n) is 9.18. The van der Waals surface area contributed by atoms with Gasteiger partial charge in [0.25, 0.3) is 0 Å². The van der Waals surface area contributed by atoms with Crippen LogP contribution in [0.1, 0.15) is 41.0 Å². The van der Waals surface area contributed by atoms with Crippen LogP contribution in [0.15, 0.2) is 0 Å². The van der Waals surface area contributed by atoms with Gasteiger partial charge in [-0.05, 0) is 20.8 Å². The highest BCUT2D eigenvalue weighted by molar-refractivity contribution is 5.74. The third kappa shape index (κ3) is 7.78. The highest BCUT2D eigenvalue weighted by Gasteiger charge is 2.24. The van der Waals surface area contributed by atoms with Gasteiger partial charge in [-0.15, -0.1) is 0 Å². The summed E-state index contributed by atoms with van der Waals surface area (Å²) in [4.78, 5) is 10.7. The number of carbonyl (C=O) groups is 1. The fourth-order valence-electron chi connectivity index (χ4n) is 0.827. The van der Waals surface area contributed by atoms with Gasteiger partial charge in [-0.3, -0.25) is 4.79 Å². The van der Waals surface area contributed by atoms with Gasteiger partial charge >= 0.3 is 0 Å². The fourth-order valence-corrected chi connectivity index (χ4v) is 0.827. The molecule has 0 saturated heterocycles. The largest absolute Gasteiger partial charge is 0.370 e. The molecule has 0 fully saturated rings. The Hall–Kier alpha value is -0.570. The summed E-state index contributed by atoms with van der Waals surface area (Å²) >= 11 is 0. The first-order chi connectivity index (χ1) is 5.62. The second-order valence-electron chi connectivity index (χ2n) is 4.98. The molecule has 3 heteroatoms. The normalized spacial score (nSPS) is 13.0. The lowest BCUT2D eigenvalue weighted by molar-refractivity contribution is -0.120. The third-order valence-electron chi connectivity index (χ3n) is 1.36. The fraction of sp³-hybridized carbons (Fsp3) is 0.800. The predicted octanol–water partition coefficient (Wildman–Crippen LogP) is 1.86. The zero-order valence-corrected chi connectivity index (χ0v) is 9.18. The van der Waals surface area contributed by atoms with Gasteiger partial charge in [-0.2, -0.15) is 0 Å². The standard InChI is InChI=1S/C10H20NO2/c1-9(2,3)13-7-10(4,5)6-8(11)12/h7H,6H2,1-5H3,(H2,11,12). The van der Waals surface area contributed by atoms with Gasteiger partial charge < -0.3 is 10.5 Å². The van der Waals surface area contributed by atoms with Gasteiger partial charge in [0.15, 0.2) is 0 Å². The molecule has 0 aromatic rings. The van der Waals surface area contributed by atoms with Crippen LogP contribution in [-0.4, -0.2) is 11.5 Å². The molecule has 77 valence electrons. The first-order valence-corrected chi connectivity index (χ1v) is 4.43. The average molecular weight is 186 g/mol.